The molecule has 0 saturated carbocycles. The first-order valence-electron chi connectivity index (χ1n) is 5.83. The van der Waals surface area contributed by atoms with Gasteiger partial charge < -0.3 is 10.5 Å². The number of nitrogens with zero attached hydrogens (tertiary/aromatic N) is 3. The molecular weight excluding hydrogens is 289 g/mol. The molecule has 112 valence electrons. The van der Waals surface area contributed by atoms with Crippen LogP contribution in [0.5, 0.6) is 0 Å². The Bertz CT molecular complexity index is 613. The molecule has 0 saturated heterocycles. The molecule has 2 aromatic rings. The minimum Gasteiger partial charge on any atom is -0.447 e. The first-order valence-corrected chi connectivity index (χ1v) is 5.83. The van der Waals surface area contributed by atoms with E-state index < -0.39 is 23.9 Å². The van der Waals surface area contributed by atoms with Gasteiger partial charge in [0.05, 0.1) is 18.0 Å². The quantitative estimate of drug-likeness (QED) is 0.936. The van der Waals surface area contributed by atoms with Gasteiger partial charge in [-0.3, -0.25) is 0 Å². The third-order valence-electron chi connectivity index (χ3n) is 2.70. The maximum atomic E-state index is 12.7. The van der Waals surface area contributed by atoms with Gasteiger partial charge in [-0.15, -0.1) is 0 Å². The summed E-state index contributed by atoms with van der Waals surface area (Å²) in [5.74, 6) is 0. The van der Waals surface area contributed by atoms with Crippen LogP contribution in [0.15, 0.2) is 36.7 Å². The second-order valence-electron chi connectivity index (χ2n) is 4.12. The average Bonchev–Trinajstić information content (AvgIpc) is 2.92. The Morgan fingerprint density at radius 2 is 2.00 bits per heavy atom. The van der Waals surface area contributed by atoms with E-state index in [1.54, 1.807) is 0 Å². The fraction of sp³-hybridized carbons (Fsp3) is 0.250. The van der Waals surface area contributed by atoms with Crippen LogP contribution in [0.3, 0.4) is 0 Å². The second-order valence-corrected chi connectivity index (χ2v) is 4.12. The number of aromatic nitrogens is 3. The van der Waals surface area contributed by atoms with Gasteiger partial charge in [0, 0.05) is 0 Å². The van der Waals surface area contributed by atoms with Gasteiger partial charge in [0.1, 0.15) is 12.6 Å². The zero-order chi connectivity index (χ0) is 15.5. The van der Waals surface area contributed by atoms with Crippen molar-refractivity contribution >= 4 is 6.09 Å². The Kier molecular flexibility index (Phi) is 4.10. The van der Waals surface area contributed by atoms with E-state index in [0.717, 1.165) is 16.9 Å². The molecule has 21 heavy (non-hydrogen) atoms. The summed E-state index contributed by atoms with van der Waals surface area (Å²) in [7, 11) is 0. The molecule has 0 fully saturated rings. The van der Waals surface area contributed by atoms with Crippen LogP contribution in [0.4, 0.5) is 18.0 Å². The number of amides is 1. The van der Waals surface area contributed by atoms with Gasteiger partial charge in [0.25, 0.3) is 0 Å². The van der Waals surface area contributed by atoms with Crippen molar-refractivity contribution in [3.05, 3.63) is 47.8 Å². The van der Waals surface area contributed by atoms with E-state index >= 15 is 0 Å². The molecule has 2 rings (SSSR count). The SMILES string of the molecule is NC(=O)OCC(c1cccc(C(F)(F)F)c1)n1nccn1. The van der Waals surface area contributed by atoms with Crippen LogP contribution in [-0.4, -0.2) is 27.7 Å². The molecule has 2 N–H and O–H groups in total. The molecule has 0 spiro atoms. The normalized spacial score (nSPS) is 12.9. The number of hydrogen-bond acceptors (Lipinski definition) is 4. The van der Waals surface area contributed by atoms with Crippen LogP contribution in [0.2, 0.25) is 0 Å². The van der Waals surface area contributed by atoms with Crippen molar-refractivity contribution in [1.82, 2.24) is 15.0 Å². The fourth-order valence-corrected chi connectivity index (χ4v) is 1.77. The molecule has 0 aliphatic rings. The van der Waals surface area contributed by atoms with Gasteiger partial charge in [0.15, 0.2) is 0 Å². The predicted molar refractivity (Wildman–Crippen MR) is 65.1 cm³/mol. The van der Waals surface area contributed by atoms with E-state index in [-0.39, 0.29) is 12.2 Å². The monoisotopic (exact) mass is 300 g/mol. The van der Waals surface area contributed by atoms with E-state index in [0.29, 0.717) is 0 Å². The molecule has 1 aromatic heterocycles. The molecule has 9 heteroatoms. The number of carbonyl (C=O) groups excluding carboxylic acids is 1. The van der Waals surface area contributed by atoms with Crippen LogP contribution in [0.25, 0.3) is 0 Å². The van der Waals surface area contributed by atoms with Crippen molar-refractivity contribution in [1.29, 1.82) is 0 Å². The van der Waals surface area contributed by atoms with E-state index in [4.69, 9.17) is 5.73 Å². The highest BCUT2D eigenvalue weighted by atomic mass is 19.4. The highest BCUT2D eigenvalue weighted by molar-refractivity contribution is 5.64. The standard InChI is InChI=1S/C12H11F3N4O2/c13-12(14,15)9-3-1-2-8(6-9)10(7-21-11(16)20)19-17-4-5-18-19/h1-6,10H,7H2,(H2,16,20). The highest BCUT2D eigenvalue weighted by Gasteiger charge is 2.31. The van der Waals surface area contributed by atoms with Gasteiger partial charge in [-0.05, 0) is 17.7 Å². The Hall–Kier alpha value is -2.58. The molecule has 6 nitrogen and oxygen atoms in total. The summed E-state index contributed by atoms with van der Waals surface area (Å²) in [4.78, 5) is 11.9. The van der Waals surface area contributed by atoms with Crippen molar-refractivity contribution in [3.8, 4) is 0 Å². The van der Waals surface area contributed by atoms with E-state index in [1.807, 2.05) is 0 Å². The Morgan fingerprint density at radius 3 is 2.57 bits per heavy atom. The van der Waals surface area contributed by atoms with Crippen LogP contribution < -0.4 is 5.73 Å². The fourth-order valence-electron chi connectivity index (χ4n) is 1.77. The highest BCUT2D eigenvalue weighted by Crippen LogP contribution is 2.31. The Morgan fingerprint density at radius 1 is 1.33 bits per heavy atom. The van der Waals surface area contributed by atoms with E-state index in [2.05, 4.69) is 14.9 Å². The van der Waals surface area contributed by atoms with Crippen molar-refractivity contribution in [3.63, 3.8) is 0 Å². The molecule has 0 radical (unpaired) electrons. The largest absolute Gasteiger partial charge is 0.447 e. The minimum absolute atomic E-state index is 0.252. The number of carbonyl (C=O) groups is 1. The number of benzene rings is 1. The number of hydrogen-bond donors (Lipinski definition) is 1. The molecular formula is C12H11F3N4O2. The topological polar surface area (TPSA) is 83.0 Å². The first-order chi connectivity index (χ1) is 9.88. The number of ether oxygens (including phenoxy) is 1. The molecule has 1 amide bonds. The van der Waals surface area contributed by atoms with Crippen molar-refractivity contribution in [2.24, 2.45) is 5.73 Å². The third kappa shape index (κ3) is 3.71. The lowest BCUT2D eigenvalue weighted by Crippen LogP contribution is -2.24. The van der Waals surface area contributed by atoms with Crippen molar-refractivity contribution in [2.75, 3.05) is 6.61 Å². The van der Waals surface area contributed by atoms with Crippen LogP contribution >= 0.6 is 0 Å². The van der Waals surface area contributed by atoms with Crippen LogP contribution in [-0.2, 0) is 10.9 Å². The lowest BCUT2D eigenvalue weighted by atomic mass is 10.0. The summed E-state index contributed by atoms with van der Waals surface area (Å²) in [5, 5.41) is 7.71. The molecule has 1 aromatic carbocycles. The number of alkyl halides is 3. The molecule has 0 bridgehead atoms. The zero-order valence-electron chi connectivity index (χ0n) is 10.6. The summed E-state index contributed by atoms with van der Waals surface area (Å²) in [6, 6.07) is 3.84. The predicted octanol–water partition coefficient (Wildman–Crippen LogP) is 1.98. The number of primary amides is 1. The van der Waals surface area contributed by atoms with Crippen LogP contribution in [0.1, 0.15) is 17.2 Å². The molecule has 1 atom stereocenters. The van der Waals surface area contributed by atoms with E-state index in [1.165, 1.54) is 24.5 Å². The van der Waals surface area contributed by atoms with Gasteiger partial charge in [-0.1, -0.05) is 12.1 Å². The Balaban J connectivity index is 2.35. The van der Waals surface area contributed by atoms with Gasteiger partial charge in [-0.2, -0.15) is 28.2 Å². The lowest BCUT2D eigenvalue weighted by Gasteiger charge is -2.17. The van der Waals surface area contributed by atoms with Crippen LogP contribution in [0, 0.1) is 0 Å². The third-order valence-corrected chi connectivity index (χ3v) is 2.70. The molecule has 1 unspecified atom stereocenters. The maximum Gasteiger partial charge on any atom is 0.416 e. The van der Waals surface area contributed by atoms with Crippen molar-refractivity contribution < 1.29 is 22.7 Å². The zero-order valence-corrected chi connectivity index (χ0v) is 10.6. The maximum absolute atomic E-state index is 12.7. The minimum atomic E-state index is -4.47. The summed E-state index contributed by atoms with van der Waals surface area (Å²) in [6.07, 6.45) is -2.77. The Labute approximate surface area is 117 Å². The summed E-state index contributed by atoms with van der Waals surface area (Å²) in [5.41, 5.74) is 4.32. The number of rotatable bonds is 4. The second kappa shape index (κ2) is 5.81. The molecule has 0 aliphatic carbocycles. The van der Waals surface area contributed by atoms with E-state index in [9.17, 15) is 18.0 Å². The smallest absolute Gasteiger partial charge is 0.416 e. The summed E-state index contributed by atoms with van der Waals surface area (Å²) in [6.45, 7) is -0.272. The van der Waals surface area contributed by atoms with Gasteiger partial charge in [0.2, 0.25) is 0 Å². The van der Waals surface area contributed by atoms with Gasteiger partial charge in [-0.25, -0.2) is 4.79 Å². The lowest BCUT2D eigenvalue weighted by molar-refractivity contribution is -0.137. The van der Waals surface area contributed by atoms with Crippen molar-refractivity contribution in [2.45, 2.75) is 12.2 Å². The average molecular weight is 300 g/mol. The summed E-state index contributed by atoms with van der Waals surface area (Å²) < 4.78 is 42.9. The molecule has 0 aliphatic heterocycles. The van der Waals surface area contributed by atoms with Gasteiger partial charge >= 0.3 is 12.3 Å². The first kappa shape index (κ1) is 14.8. The summed E-state index contributed by atoms with van der Waals surface area (Å²) >= 11 is 0. The molecule has 1 heterocycles. The number of halogens is 3. The number of nitrogens with two attached hydrogens (primary N) is 1.